The predicted octanol–water partition coefficient (Wildman–Crippen LogP) is 8.40. The highest BCUT2D eigenvalue weighted by Crippen LogP contribution is 2.62. The molecule has 196 valence electrons. The van der Waals surface area contributed by atoms with Gasteiger partial charge in [-0.3, -0.25) is 9.36 Å². The fourth-order valence-corrected chi connectivity index (χ4v) is 7.38. The average Bonchev–Trinajstić information content (AvgIpc) is 3.52. The number of rotatable bonds is 2. The van der Waals surface area contributed by atoms with E-state index in [0.29, 0.717) is 16.7 Å². The van der Waals surface area contributed by atoms with Crippen molar-refractivity contribution < 1.29 is 0 Å². The van der Waals surface area contributed by atoms with Gasteiger partial charge in [0.1, 0.15) is 5.82 Å². The molecule has 6 aromatic carbocycles. The van der Waals surface area contributed by atoms with Crippen molar-refractivity contribution in [3.63, 3.8) is 0 Å². The summed E-state index contributed by atoms with van der Waals surface area (Å²) in [6, 6.07) is 50.4. The molecule has 7 aromatic rings. The summed E-state index contributed by atoms with van der Waals surface area (Å²) < 4.78 is 1.79. The molecule has 0 saturated heterocycles. The Morgan fingerprint density at radius 3 is 1.67 bits per heavy atom. The first-order valence-corrected chi connectivity index (χ1v) is 14.3. The summed E-state index contributed by atoms with van der Waals surface area (Å²) >= 11 is 0. The number of fused-ring (bicyclic) bond motifs is 11. The first-order valence-electron chi connectivity index (χ1n) is 14.3. The molecule has 1 heterocycles. The lowest BCUT2D eigenvalue weighted by Gasteiger charge is -2.30. The largest absolute Gasteiger partial charge is 0.268 e. The second kappa shape index (κ2) is 8.48. The Labute approximate surface area is 243 Å². The molecule has 0 unspecified atom stereocenters. The van der Waals surface area contributed by atoms with Crippen LogP contribution in [-0.2, 0) is 5.41 Å². The maximum atomic E-state index is 14.3. The molecule has 3 heteroatoms. The van der Waals surface area contributed by atoms with Crippen LogP contribution >= 0.6 is 0 Å². The van der Waals surface area contributed by atoms with E-state index in [9.17, 15) is 4.79 Å². The van der Waals surface area contributed by atoms with E-state index in [2.05, 4.69) is 91.0 Å². The Morgan fingerprint density at radius 2 is 1.02 bits per heavy atom. The molecule has 0 atom stereocenters. The molecule has 0 bridgehead atoms. The molecule has 2 aliphatic carbocycles. The van der Waals surface area contributed by atoms with Crippen LogP contribution in [-0.4, -0.2) is 9.55 Å². The van der Waals surface area contributed by atoms with Gasteiger partial charge in [0.15, 0.2) is 0 Å². The second-order valence-corrected chi connectivity index (χ2v) is 11.1. The number of hydrogen-bond acceptors (Lipinski definition) is 2. The summed E-state index contributed by atoms with van der Waals surface area (Å²) in [5, 5.41) is 0.604. The van der Waals surface area contributed by atoms with Gasteiger partial charge in [-0.25, -0.2) is 4.98 Å². The minimum atomic E-state index is -0.476. The van der Waals surface area contributed by atoms with Crippen LogP contribution in [0.1, 0.15) is 22.3 Å². The zero-order chi connectivity index (χ0) is 27.8. The van der Waals surface area contributed by atoms with Crippen molar-refractivity contribution in [1.82, 2.24) is 9.55 Å². The minimum absolute atomic E-state index is 0.0730. The topological polar surface area (TPSA) is 34.9 Å². The molecule has 0 N–H and O–H groups in total. The summed E-state index contributed by atoms with van der Waals surface area (Å²) in [7, 11) is 0. The van der Waals surface area contributed by atoms with Gasteiger partial charge in [0, 0.05) is 5.56 Å². The van der Waals surface area contributed by atoms with Crippen molar-refractivity contribution in [2.75, 3.05) is 0 Å². The highest BCUT2D eigenvalue weighted by Gasteiger charge is 2.51. The summed E-state index contributed by atoms with van der Waals surface area (Å²) in [5.41, 5.74) is 11.8. The SMILES string of the molecule is O=c1c2ccccc2nc(-c2ccccc2)n1-c1ccc2c(c1)C1(c3ccccc3-c3ccccc31)c1ccccc1-2. The van der Waals surface area contributed by atoms with E-state index in [4.69, 9.17) is 4.98 Å². The van der Waals surface area contributed by atoms with Crippen LogP contribution in [0.25, 0.3) is 50.2 Å². The van der Waals surface area contributed by atoms with E-state index < -0.39 is 5.41 Å². The minimum Gasteiger partial charge on any atom is -0.268 e. The standard InChI is InChI=1S/C39H24N2O/c42-38-31-17-7-11-21-36(31)40-37(25-12-2-1-3-13-25)41(38)26-22-23-30-29-16-6-10-20-34(29)39(35(30)24-26)32-18-8-4-14-27(32)28-15-5-9-19-33(28)39/h1-24H. The smallest absolute Gasteiger partial charge is 0.266 e. The summed E-state index contributed by atoms with van der Waals surface area (Å²) in [4.78, 5) is 19.3. The van der Waals surface area contributed by atoms with Crippen LogP contribution in [0, 0.1) is 0 Å². The van der Waals surface area contributed by atoms with Crippen LogP contribution in [0.2, 0.25) is 0 Å². The van der Waals surface area contributed by atoms with E-state index >= 15 is 0 Å². The van der Waals surface area contributed by atoms with Crippen molar-refractivity contribution in [2.45, 2.75) is 5.41 Å². The van der Waals surface area contributed by atoms with Crippen molar-refractivity contribution in [2.24, 2.45) is 0 Å². The van der Waals surface area contributed by atoms with E-state index in [1.807, 2.05) is 54.6 Å². The van der Waals surface area contributed by atoms with Gasteiger partial charge in [-0.1, -0.05) is 121 Å². The molecule has 2 aliphatic rings. The number of aromatic nitrogens is 2. The zero-order valence-electron chi connectivity index (χ0n) is 22.7. The van der Waals surface area contributed by atoms with Crippen molar-refractivity contribution in [3.05, 3.63) is 178 Å². The second-order valence-electron chi connectivity index (χ2n) is 11.1. The lowest BCUT2D eigenvalue weighted by Crippen LogP contribution is -2.27. The van der Waals surface area contributed by atoms with Gasteiger partial charge < -0.3 is 0 Å². The molecule has 0 aliphatic heterocycles. The number of benzene rings is 6. The molecule has 42 heavy (non-hydrogen) atoms. The van der Waals surface area contributed by atoms with E-state index in [1.54, 1.807) is 4.57 Å². The Balaban J connectivity index is 1.41. The highest BCUT2D eigenvalue weighted by molar-refractivity contribution is 5.95. The Bertz CT molecular complexity index is 2220. The molecule has 0 radical (unpaired) electrons. The van der Waals surface area contributed by atoms with Crippen molar-refractivity contribution in [1.29, 1.82) is 0 Å². The quantitative estimate of drug-likeness (QED) is 0.222. The molecule has 1 aromatic heterocycles. The number of nitrogens with zero attached hydrogens (tertiary/aromatic N) is 2. The Kier molecular flexibility index (Phi) is 4.68. The van der Waals surface area contributed by atoms with Crippen LogP contribution in [0.4, 0.5) is 0 Å². The molecule has 0 amide bonds. The van der Waals surface area contributed by atoms with E-state index in [0.717, 1.165) is 11.3 Å². The predicted molar refractivity (Wildman–Crippen MR) is 169 cm³/mol. The lowest BCUT2D eigenvalue weighted by atomic mass is 9.70. The van der Waals surface area contributed by atoms with Crippen LogP contribution in [0.15, 0.2) is 150 Å². The highest BCUT2D eigenvalue weighted by atomic mass is 16.1. The maximum Gasteiger partial charge on any atom is 0.266 e. The maximum absolute atomic E-state index is 14.3. The fourth-order valence-electron chi connectivity index (χ4n) is 7.38. The Morgan fingerprint density at radius 1 is 0.500 bits per heavy atom. The number of hydrogen-bond donors (Lipinski definition) is 0. The Hall–Kier alpha value is -5.54. The third-order valence-electron chi connectivity index (χ3n) is 9.05. The first kappa shape index (κ1) is 23.2. The molecule has 9 rings (SSSR count). The van der Waals surface area contributed by atoms with Crippen molar-refractivity contribution in [3.8, 4) is 39.3 Å². The van der Waals surface area contributed by atoms with Crippen molar-refractivity contribution >= 4 is 10.9 Å². The van der Waals surface area contributed by atoms with Crippen LogP contribution in [0.3, 0.4) is 0 Å². The normalized spacial score (nSPS) is 13.5. The van der Waals surface area contributed by atoms with E-state index in [-0.39, 0.29) is 5.56 Å². The van der Waals surface area contributed by atoms with Crippen LogP contribution in [0.5, 0.6) is 0 Å². The number of para-hydroxylation sites is 1. The average molecular weight is 537 g/mol. The molecular weight excluding hydrogens is 512 g/mol. The molecule has 1 spiro atoms. The van der Waals surface area contributed by atoms with Gasteiger partial charge in [-0.2, -0.15) is 0 Å². The van der Waals surface area contributed by atoms with Crippen LogP contribution < -0.4 is 5.56 Å². The summed E-state index contributed by atoms with van der Waals surface area (Å²) in [6.07, 6.45) is 0. The molecule has 3 nitrogen and oxygen atoms in total. The summed E-state index contributed by atoms with van der Waals surface area (Å²) in [6.45, 7) is 0. The van der Waals surface area contributed by atoms with Gasteiger partial charge in [0.05, 0.1) is 22.0 Å². The van der Waals surface area contributed by atoms with Gasteiger partial charge in [-0.05, 0) is 68.8 Å². The third kappa shape index (κ3) is 2.89. The van der Waals surface area contributed by atoms with Gasteiger partial charge >= 0.3 is 0 Å². The molecule has 0 saturated carbocycles. The lowest BCUT2D eigenvalue weighted by molar-refractivity contribution is 0.791. The fraction of sp³-hybridized carbons (Fsp3) is 0.0256. The van der Waals surface area contributed by atoms with Gasteiger partial charge in [-0.15, -0.1) is 0 Å². The van der Waals surface area contributed by atoms with Gasteiger partial charge in [0.25, 0.3) is 5.56 Å². The first-order chi connectivity index (χ1) is 20.8. The summed E-state index contributed by atoms with van der Waals surface area (Å²) in [5.74, 6) is 0.635. The molecule has 0 fully saturated rings. The third-order valence-corrected chi connectivity index (χ3v) is 9.05. The zero-order valence-corrected chi connectivity index (χ0v) is 22.7. The monoisotopic (exact) mass is 536 g/mol. The van der Waals surface area contributed by atoms with E-state index in [1.165, 1.54) is 44.5 Å². The molecular formula is C39H24N2O. The van der Waals surface area contributed by atoms with Gasteiger partial charge in [0.2, 0.25) is 0 Å².